The van der Waals surface area contributed by atoms with Crippen molar-refractivity contribution in [3.8, 4) is 0 Å². The van der Waals surface area contributed by atoms with E-state index in [9.17, 15) is 9.90 Å². The number of aliphatic hydroxyl groups is 1. The first-order valence-corrected chi connectivity index (χ1v) is 6.85. The number of nitrogens with zero attached hydrogens (tertiary/aromatic N) is 3. The van der Waals surface area contributed by atoms with Crippen molar-refractivity contribution in [2.24, 2.45) is 0 Å². The molecule has 1 aliphatic heterocycles. The Morgan fingerprint density at radius 1 is 1.22 bits per heavy atom. The van der Waals surface area contributed by atoms with Crippen LogP contribution in [0, 0.1) is 0 Å². The molecule has 0 bridgehead atoms. The van der Waals surface area contributed by atoms with Crippen LogP contribution in [-0.4, -0.2) is 85.2 Å². The second kappa shape index (κ2) is 7.71. The summed E-state index contributed by atoms with van der Waals surface area (Å²) in [5.74, 6) is 0.164. The van der Waals surface area contributed by atoms with E-state index in [1.54, 1.807) is 19.0 Å². The maximum atomic E-state index is 11.7. The number of likely N-dealkylation sites (N-methyl/N-ethyl adjacent to an activating group) is 1. The molecule has 1 fully saturated rings. The van der Waals surface area contributed by atoms with Crippen molar-refractivity contribution in [1.29, 1.82) is 0 Å². The SMILES string of the molecule is CC[C@@H](O)CN1CCCN(CC(=O)N(C)C)CC1. The van der Waals surface area contributed by atoms with Crippen LogP contribution in [0.15, 0.2) is 0 Å². The molecule has 106 valence electrons. The minimum Gasteiger partial charge on any atom is -0.392 e. The van der Waals surface area contributed by atoms with Crippen molar-refractivity contribution < 1.29 is 9.90 Å². The summed E-state index contributed by atoms with van der Waals surface area (Å²) in [4.78, 5) is 17.8. The summed E-state index contributed by atoms with van der Waals surface area (Å²) in [6.45, 7) is 7.11. The lowest BCUT2D eigenvalue weighted by Gasteiger charge is -2.23. The van der Waals surface area contributed by atoms with Gasteiger partial charge in [0.05, 0.1) is 12.6 Å². The lowest BCUT2D eigenvalue weighted by Crippen LogP contribution is -2.39. The molecule has 0 spiro atoms. The smallest absolute Gasteiger partial charge is 0.236 e. The predicted molar refractivity (Wildman–Crippen MR) is 72.5 cm³/mol. The van der Waals surface area contributed by atoms with E-state index in [4.69, 9.17) is 0 Å². The standard InChI is InChI=1S/C13H27N3O2/c1-4-12(17)10-15-6-5-7-16(9-8-15)11-13(18)14(2)3/h12,17H,4-11H2,1-3H3/t12-/m1/s1. The second-order valence-electron chi connectivity index (χ2n) is 5.28. The zero-order chi connectivity index (χ0) is 13.5. The number of amides is 1. The van der Waals surface area contributed by atoms with Gasteiger partial charge in [0.15, 0.2) is 0 Å². The summed E-state index contributed by atoms with van der Waals surface area (Å²) in [5, 5.41) is 9.67. The van der Waals surface area contributed by atoms with Crippen LogP contribution in [0.4, 0.5) is 0 Å². The van der Waals surface area contributed by atoms with Crippen LogP contribution in [0.3, 0.4) is 0 Å². The zero-order valence-electron chi connectivity index (χ0n) is 11.9. The van der Waals surface area contributed by atoms with Gasteiger partial charge < -0.3 is 10.0 Å². The summed E-state index contributed by atoms with van der Waals surface area (Å²) in [7, 11) is 3.59. The van der Waals surface area contributed by atoms with Crippen LogP contribution >= 0.6 is 0 Å². The van der Waals surface area contributed by atoms with Gasteiger partial charge in [-0.15, -0.1) is 0 Å². The molecule has 0 aromatic carbocycles. The Kier molecular flexibility index (Phi) is 6.60. The molecule has 0 aromatic heterocycles. The molecule has 0 saturated carbocycles. The number of rotatable bonds is 5. The van der Waals surface area contributed by atoms with Gasteiger partial charge in [0.1, 0.15) is 0 Å². The molecule has 1 aliphatic rings. The van der Waals surface area contributed by atoms with E-state index in [-0.39, 0.29) is 12.0 Å². The number of β-amino-alcohol motifs (C(OH)–C–C–N with tert-alkyl or cyclic N) is 1. The third kappa shape index (κ3) is 5.33. The summed E-state index contributed by atoms with van der Waals surface area (Å²) < 4.78 is 0. The van der Waals surface area contributed by atoms with Crippen LogP contribution in [0.1, 0.15) is 19.8 Å². The van der Waals surface area contributed by atoms with Crippen LogP contribution < -0.4 is 0 Å². The fourth-order valence-corrected chi connectivity index (χ4v) is 2.12. The molecular formula is C13H27N3O2. The second-order valence-corrected chi connectivity index (χ2v) is 5.28. The molecule has 0 radical (unpaired) electrons. The first-order chi connectivity index (χ1) is 8.52. The lowest BCUT2D eigenvalue weighted by molar-refractivity contribution is -0.129. The van der Waals surface area contributed by atoms with Crippen molar-refractivity contribution in [2.75, 3.05) is 53.4 Å². The molecule has 1 N–H and O–H groups in total. The summed E-state index contributed by atoms with van der Waals surface area (Å²) in [6, 6.07) is 0. The normalized spacial score (nSPS) is 20.4. The first kappa shape index (κ1) is 15.4. The molecule has 1 rings (SSSR count). The maximum Gasteiger partial charge on any atom is 0.236 e. The highest BCUT2D eigenvalue weighted by molar-refractivity contribution is 5.77. The Hall–Kier alpha value is -0.650. The predicted octanol–water partition coefficient (Wildman–Crippen LogP) is -0.147. The number of hydrogen-bond donors (Lipinski definition) is 1. The van der Waals surface area contributed by atoms with Crippen molar-refractivity contribution in [2.45, 2.75) is 25.9 Å². The van der Waals surface area contributed by atoms with Crippen LogP contribution in [0.25, 0.3) is 0 Å². The molecule has 1 amide bonds. The molecule has 1 atom stereocenters. The van der Waals surface area contributed by atoms with E-state index < -0.39 is 0 Å². The van der Waals surface area contributed by atoms with E-state index in [0.717, 1.165) is 45.6 Å². The fraction of sp³-hybridized carbons (Fsp3) is 0.923. The maximum absolute atomic E-state index is 11.7. The number of aliphatic hydroxyl groups excluding tert-OH is 1. The van der Waals surface area contributed by atoms with Gasteiger partial charge in [0, 0.05) is 33.7 Å². The minimum absolute atomic E-state index is 0.164. The lowest BCUT2D eigenvalue weighted by atomic mass is 10.2. The van der Waals surface area contributed by atoms with Gasteiger partial charge in [-0.1, -0.05) is 6.92 Å². The van der Waals surface area contributed by atoms with Gasteiger partial charge >= 0.3 is 0 Å². The quantitative estimate of drug-likeness (QED) is 0.744. The Balaban J connectivity index is 2.34. The molecule has 5 heteroatoms. The third-order valence-corrected chi connectivity index (χ3v) is 3.48. The Morgan fingerprint density at radius 3 is 2.44 bits per heavy atom. The van der Waals surface area contributed by atoms with Gasteiger partial charge in [0.25, 0.3) is 0 Å². The van der Waals surface area contributed by atoms with Gasteiger partial charge in [0.2, 0.25) is 5.91 Å². The average Bonchev–Trinajstić information content (AvgIpc) is 2.54. The van der Waals surface area contributed by atoms with Crippen LogP contribution in [-0.2, 0) is 4.79 Å². The van der Waals surface area contributed by atoms with Crippen molar-refractivity contribution >= 4 is 5.91 Å². The Labute approximate surface area is 110 Å². The Bertz CT molecular complexity index is 259. The van der Waals surface area contributed by atoms with E-state index in [1.807, 2.05) is 6.92 Å². The Morgan fingerprint density at radius 2 is 1.83 bits per heavy atom. The minimum atomic E-state index is -0.222. The highest BCUT2D eigenvalue weighted by atomic mass is 16.3. The number of carbonyl (C=O) groups is 1. The number of hydrogen-bond acceptors (Lipinski definition) is 4. The zero-order valence-corrected chi connectivity index (χ0v) is 11.9. The van der Waals surface area contributed by atoms with Gasteiger partial charge in [-0.05, 0) is 25.9 Å². The van der Waals surface area contributed by atoms with Crippen LogP contribution in [0.2, 0.25) is 0 Å². The summed E-state index contributed by atoms with van der Waals surface area (Å²) in [5.41, 5.74) is 0. The van der Waals surface area contributed by atoms with Gasteiger partial charge in [-0.3, -0.25) is 14.6 Å². The average molecular weight is 257 g/mol. The molecule has 18 heavy (non-hydrogen) atoms. The monoisotopic (exact) mass is 257 g/mol. The van der Waals surface area contributed by atoms with Crippen molar-refractivity contribution in [1.82, 2.24) is 14.7 Å². The highest BCUT2D eigenvalue weighted by Crippen LogP contribution is 2.05. The van der Waals surface area contributed by atoms with E-state index in [1.165, 1.54) is 0 Å². The van der Waals surface area contributed by atoms with Crippen LogP contribution in [0.5, 0.6) is 0 Å². The highest BCUT2D eigenvalue weighted by Gasteiger charge is 2.18. The largest absolute Gasteiger partial charge is 0.392 e. The molecule has 0 aliphatic carbocycles. The topological polar surface area (TPSA) is 47.0 Å². The number of carbonyl (C=O) groups excluding carboxylic acids is 1. The fourth-order valence-electron chi connectivity index (χ4n) is 2.12. The first-order valence-electron chi connectivity index (χ1n) is 6.85. The van der Waals surface area contributed by atoms with Crippen molar-refractivity contribution in [3.05, 3.63) is 0 Å². The molecule has 0 unspecified atom stereocenters. The summed E-state index contributed by atoms with van der Waals surface area (Å²) in [6.07, 6.45) is 1.65. The molecule has 5 nitrogen and oxygen atoms in total. The molecule has 1 heterocycles. The third-order valence-electron chi connectivity index (χ3n) is 3.48. The van der Waals surface area contributed by atoms with Gasteiger partial charge in [-0.25, -0.2) is 0 Å². The van der Waals surface area contributed by atoms with Gasteiger partial charge in [-0.2, -0.15) is 0 Å². The molecule has 0 aromatic rings. The summed E-state index contributed by atoms with van der Waals surface area (Å²) >= 11 is 0. The van der Waals surface area contributed by atoms with E-state index in [0.29, 0.717) is 6.54 Å². The molecule has 1 saturated heterocycles. The molecular weight excluding hydrogens is 230 g/mol. The van der Waals surface area contributed by atoms with E-state index >= 15 is 0 Å². The van der Waals surface area contributed by atoms with Crippen molar-refractivity contribution in [3.63, 3.8) is 0 Å². The van der Waals surface area contributed by atoms with E-state index in [2.05, 4.69) is 9.80 Å².